The van der Waals surface area contributed by atoms with Gasteiger partial charge in [-0.1, -0.05) is 6.92 Å². The van der Waals surface area contributed by atoms with Gasteiger partial charge in [0.25, 0.3) is 5.69 Å². The molecule has 1 unspecified atom stereocenters. The third kappa shape index (κ3) is 3.51. The summed E-state index contributed by atoms with van der Waals surface area (Å²) in [4.78, 5) is 51.4. The molecule has 0 fully saturated rings. The number of rotatable bonds is 6. The first-order valence-electron chi connectivity index (χ1n) is 8.74. The first-order chi connectivity index (χ1) is 13.8. The molecule has 0 radical (unpaired) electrons. The number of aliphatic carboxylic acids is 1. The highest BCUT2D eigenvalue weighted by atomic mass is 16.6. The summed E-state index contributed by atoms with van der Waals surface area (Å²) in [6.45, 7) is 3.25. The zero-order valence-electron chi connectivity index (χ0n) is 15.5. The largest absolute Gasteiger partial charge is 0.481 e. The molecule has 1 N–H and O–H groups in total. The predicted octanol–water partition coefficient (Wildman–Crippen LogP) is 3.00. The van der Waals surface area contributed by atoms with Gasteiger partial charge in [0.05, 0.1) is 39.5 Å². The van der Waals surface area contributed by atoms with Crippen molar-refractivity contribution in [2.75, 3.05) is 6.61 Å². The summed E-state index contributed by atoms with van der Waals surface area (Å²) in [6.07, 6.45) is 0.143. The summed E-state index contributed by atoms with van der Waals surface area (Å²) in [5.41, 5.74) is -1.27. The fourth-order valence-corrected chi connectivity index (χ4v) is 3.02. The second kappa shape index (κ2) is 7.66. The third-order valence-corrected chi connectivity index (χ3v) is 4.42. The Kier molecular flexibility index (Phi) is 5.26. The van der Waals surface area contributed by atoms with Crippen LogP contribution in [0.15, 0.2) is 33.5 Å². The van der Waals surface area contributed by atoms with Crippen LogP contribution in [0.5, 0.6) is 0 Å². The lowest BCUT2D eigenvalue weighted by Crippen LogP contribution is -2.19. The number of nitro benzene ring substituents is 1. The molecule has 10 nitrogen and oxygen atoms in total. The van der Waals surface area contributed by atoms with Gasteiger partial charge in [-0.05, 0) is 25.5 Å². The first kappa shape index (κ1) is 19.9. The van der Waals surface area contributed by atoms with Crippen LogP contribution < -0.4 is 5.43 Å². The molecule has 2 heterocycles. The van der Waals surface area contributed by atoms with Crippen LogP contribution in [0, 0.1) is 10.1 Å². The number of ether oxygens (including phenoxy) is 1. The number of non-ortho nitro benzene ring substituents is 1. The van der Waals surface area contributed by atoms with Crippen LogP contribution in [0.3, 0.4) is 0 Å². The normalized spacial score (nSPS) is 12.1. The lowest BCUT2D eigenvalue weighted by Gasteiger charge is -2.14. The summed E-state index contributed by atoms with van der Waals surface area (Å²) in [5.74, 6) is -3.13. The van der Waals surface area contributed by atoms with E-state index in [1.54, 1.807) is 13.8 Å². The molecule has 10 heteroatoms. The molecule has 0 bridgehead atoms. The number of hydrogen-bond acceptors (Lipinski definition) is 8. The number of hydrogen-bond donors (Lipinski definition) is 1. The Morgan fingerprint density at radius 1 is 1.28 bits per heavy atom. The van der Waals surface area contributed by atoms with Gasteiger partial charge in [0, 0.05) is 12.1 Å². The maximum Gasteiger partial charge on any atom is 0.340 e. The van der Waals surface area contributed by atoms with Gasteiger partial charge in [0.15, 0.2) is 0 Å². The van der Waals surface area contributed by atoms with Crippen LogP contribution in [0.2, 0.25) is 0 Å². The number of carboxylic acids is 1. The van der Waals surface area contributed by atoms with Crippen LogP contribution in [0.4, 0.5) is 5.69 Å². The fraction of sp³-hybridized carbons (Fsp3) is 0.263. The van der Waals surface area contributed by atoms with Crippen molar-refractivity contribution in [1.29, 1.82) is 0 Å². The second-order valence-electron chi connectivity index (χ2n) is 6.16. The standard InChI is InChI=1S/C19H16N2O8/c1-3-10(18(23)24)15-12(19(25)28-4-2)8-13-16(22)11-7-9(21(26)27)5-6-14(11)29-17(13)20-15/h5-8,10H,3-4H2,1-2H3,(H,23,24). The number of carbonyl (C=O) groups is 2. The van der Waals surface area contributed by atoms with E-state index in [-0.39, 0.29) is 52.0 Å². The molecule has 0 saturated heterocycles. The van der Waals surface area contributed by atoms with E-state index in [1.807, 2.05) is 0 Å². The van der Waals surface area contributed by atoms with Gasteiger partial charge < -0.3 is 14.3 Å². The highest BCUT2D eigenvalue weighted by Crippen LogP contribution is 2.28. The van der Waals surface area contributed by atoms with Crippen molar-refractivity contribution in [3.63, 3.8) is 0 Å². The van der Waals surface area contributed by atoms with Gasteiger partial charge in [-0.2, -0.15) is 0 Å². The number of nitro groups is 1. The van der Waals surface area contributed by atoms with Crippen LogP contribution in [0.25, 0.3) is 22.1 Å². The van der Waals surface area contributed by atoms with Crippen molar-refractivity contribution >= 4 is 39.7 Å². The van der Waals surface area contributed by atoms with E-state index in [0.29, 0.717) is 0 Å². The van der Waals surface area contributed by atoms with Gasteiger partial charge in [0.1, 0.15) is 5.58 Å². The van der Waals surface area contributed by atoms with E-state index in [9.17, 15) is 29.6 Å². The van der Waals surface area contributed by atoms with Crippen molar-refractivity contribution in [2.24, 2.45) is 0 Å². The van der Waals surface area contributed by atoms with Crippen molar-refractivity contribution < 1.29 is 28.8 Å². The lowest BCUT2D eigenvalue weighted by molar-refractivity contribution is -0.384. The van der Waals surface area contributed by atoms with E-state index >= 15 is 0 Å². The monoisotopic (exact) mass is 400 g/mol. The molecule has 29 heavy (non-hydrogen) atoms. The van der Waals surface area contributed by atoms with E-state index < -0.39 is 28.2 Å². The zero-order chi connectivity index (χ0) is 21.3. The molecule has 1 atom stereocenters. The van der Waals surface area contributed by atoms with Crippen molar-refractivity contribution in [2.45, 2.75) is 26.2 Å². The molecule has 0 saturated carbocycles. The van der Waals surface area contributed by atoms with Gasteiger partial charge in [-0.15, -0.1) is 0 Å². The van der Waals surface area contributed by atoms with Gasteiger partial charge in [-0.25, -0.2) is 9.78 Å². The van der Waals surface area contributed by atoms with Crippen LogP contribution in [-0.4, -0.2) is 33.6 Å². The van der Waals surface area contributed by atoms with E-state index in [0.717, 1.165) is 6.07 Å². The van der Waals surface area contributed by atoms with Crippen LogP contribution in [-0.2, 0) is 9.53 Å². The minimum atomic E-state index is -1.19. The topological polar surface area (TPSA) is 150 Å². The van der Waals surface area contributed by atoms with Crippen LogP contribution >= 0.6 is 0 Å². The SMILES string of the molecule is CCOC(=O)c1cc2c(=O)c3cc([N+](=O)[O-])ccc3oc2nc1C(CC)C(=O)O. The number of benzene rings is 1. The Labute approximate surface area is 162 Å². The van der Waals surface area contributed by atoms with Gasteiger partial charge in [-0.3, -0.25) is 19.7 Å². The van der Waals surface area contributed by atoms with Crippen molar-refractivity contribution in [3.8, 4) is 0 Å². The highest BCUT2D eigenvalue weighted by molar-refractivity contribution is 5.98. The Balaban J connectivity index is 2.38. The molecule has 150 valence electrons. The molecule has 0 aliphatic heterocycles. The second-order valence-corrected chi connectivity index (χ2v) is 6.16. The number of carboxylic acid groups (broad SMARTS) is 1. The van der Waals surface area contributed by atoms with E-state index in [4.69, 9.17) is 9.15 Å². The molecular formula is C19H16N2O8. The minimum Gasteiger partial charge on any atom is -0.481 e. The Bertz CT molecular complexity index is 1210. The maximum atomic E-state index is 12.9. The molecule has 3 rings (SSSR count). The predicted molar refractivity (Wildman–Crippen MR) is 101 cm³/mol. The molecule has 2 aromatic heterocycles. The molecule has 1 aromatic carbocycles. The Morgan fingerprint density at radius 2 is 2.00 bits per heavy atom. The van der Waals surface area contributed by atoms with E-state index in [2.05, 4.69) is 4.98 Å². The zero-order valence-corrected chi connectivity index (χ0v) is 15.5. The number of aromatic nitrogens is 1. The number of nitrogens with zero attached hydrogens (tertiary/aromatic N) is 2. The van der Waals surface area contributed by atoms with Crippen molar-refractivity contribution in [1.82, 2.24) is 4.98 Å². The fourth-order valence-electron chi connectivity index (χ4n) is 3.02. The van der Waals surface area contributed by atoms with Gasteiger partial charge in [0.2, 0.25) is 11.1 Å². The van der Waals surface area contributed by atoms with Gasteiger partial charge >= 0.3 is 11.9 Å². The van der Waals surface area contributed by atoms with Crippen LogP contribution in [0.1, 0.15) is 42.2 Å². The summed E-state index contributed by atoms with van der Waals surface area (Å²) >= 11 is 0. The third-order valence-electron chi connectivity index (χ3n) is 4.42. The maximum absolute atomic E-state index is 12.9. The molecule has 0 amide bonds. The Hall–Kier alpha value is -3.82. The van der Waals surface area contributed by atoms with E-state index in [1.165, 1.54) is 18.2 Å². The number of esters is 1. The highest BCUT2D eigenvalue weighted by Gasteiger charge is 2.28. The summed E-state index contributed by atoms with van der Waals surface area (Å²) in [6, 6.07) is 4.69. The average Bonchev–Trinajstić information content (AvgIpc) is 2.68. The first-order valence-corrected chi connectivity index (χ1v) is 8.74. The number of carbonyl (C=O) groups excluding carboxylic acids is 1. The average molecular weight is 400 g/mol. The molecule has 0 spiro atoms. The minimum absolute atomic E-state index is 0.0404. The number of fused-ring (bicyclic) bond motifs is 2. The molecule has 0 aliphatic carbocycles. The molecule has 3 aromatic rings. The summed E-state index contributed by atoms with van der Waals surface area (Å²) in [5, 5.41) is 20.3. The smallest absolute Gasteiger partial charge is 0.340 e. The molecule has 0 aliphatic rings. The Morgan fingerprint density at radius 3 is 2.59 bits per heavy atom. The quantitative estimate of drug-likeness (QED) is 0.285. The lowest BCUT2D eigenvalue weighted by atomic mass is 9.96. The summed E-state index contributed by atoms with van der Waals surface area (Å²) in [7, 11) is 0. The summed E-state index contributed by atoms with van der Waals surface area (Å²) < 4.78 is 10.6. The molecular weight excluding hydrogens is 384 g/mol. The van der Waals surface area contributed by atoms with Crippen molar-refractivity contribution in [3.05, 3.63) is 55.9 Å². The number of pyridine rings is 1.